The van der Waals surface area contributed by atoms with Gasteiger partial charge in [-0.05, 0) is 36.8 Å². The highest BCUT2D eigenvalue weighted by Gasteiger charge is 2.17. The number of aromatic amines is 2. The molecule has 0 saturated heterocycles. The number of imidazole rings is 1. The Labute approximate surface area is 162 Å². The van der Waals surface area contributed by atoms with E-state index < -0.39 is 0 Å². The molecule has 0 fully saturated rings. The number of nitrogens with zero attached hydrogens (tertiary/aromatic N) is 2. The monoisotopic (exact) mass is 390 g/mol. The van der Waals surface area contributed by atoms with Crippen LogP contribution in [0, 0.1) is 12.7 Å². The minimum absolute atomic E-state index is 0.195. The van der Waals surface area contributed by atoms with Gasteiger partial charge in [-0.25, -0.2) is 14.4 Å². The van der Waals surface area contributed by atoms with Crippen molar-refractivity contribution in [2.24, 2.45) is 0 Å². The summed E-state index contributed by atoms with van der Waals surface area (Å²) < 4.78 is 13.3. The van der Waals surface area contributed by atoms with Crippen LogP contribution in [0.15, 0.2) is 53.3 Å². The molecule has 3 aromatic heterocycles. The minimum atomic E-state index is -0.305. The zero-order valence-corrected chi connectivity index (χ0v) is 15.7. The fourth-order valence-corrected chi connectivity index (χ4v) is 4.52. The van der Waals surface area contributed by atoms with Gasteiger partial charge in [-0.15, -0.1) is 11.3 Å². The second-order valence-corrected chi connectivity index (χ2v) is 7.81. The van der Waals surface area contributed by atoms with Gasteiger partial charge < -0.3 is 9.97 Å². The molecule has 0 radical (unpaired) electrons. The molecule has 28 heavy (non-hydrogen) atoms. The summed E-state index contributed by atoms with van der Waals surface area (Å²) in [5.74, 6) is 1.00. The summed E-state index contributed by atoms with van der Waals surface area (Å²) in [6.45, 7) is 1.95. The first-order chi connectivity index (χ1) is 13.6. The smallest absolute Gasteiger partial charge is 0.260 e. The average Bonchev–Trinajstić information content (AvgIpc) is 3.22. The van der Waals surface area contributed by atoms with Gasteiger partial charge in [0.2, 0.25) is 0 Å². The first-order valence-corrected chi connectivity index (χ1v) is 9.62. The third-order valence-corrected chi connectivity index (χ3v) is 5.69. The number of hydrogen-bond donors (Lipinski definition) is 2. The second-order valence-electron chi connectivity index (χ2n) is 6.61. The van der Waals surface area contributed by atoms with Crippen LogP contribution in [0.1, 0.15) is 16.5 Å². The molecule has 5 nitrogen and oxygen atoms in total. The van der Waals surface area contributed by atoms with E-state index in [0.29, 0.717) is 22.5 Å². The van der Waals surface area contributed by atoms with E-state index >= 15 is 0 Å². The first-order valence-electron chi connectivity index (χ1n) is 8.80. The van der Waals surface area contributed by atoms with E-state index in [0.717, 1.165) is 32.9 Å². The molecule has 0 unspecified atom stereocenters. The summed E-state index contributed by atoms with van der Waals surface area (Å²) in [5, 5.41) is 0.544. The van der Waals surface area contributed by atoms with Gasteiger partial charge in [0, 0.05) is 10.4 Å². The average molecular weight is 390 g/mol. The van der Waals surface area contributed by atoms with E-state index in [1.807, 2.05) is 31.2 Å². The van der Waals surface area contributed by atoms with Crippen molar-refractivity contribution in [3.8, 4) is 11.1 Å². The van der Waals surface area contributed by atoms with Crippen LogP contribution in [0.5, 0.6) is 0 Å². The molecule has 5 rings (SSSR count). The number of hydrogen-bond acceptors (Lipinski definition) is 4. The van der Waals surface area contributed by atoms with E-state index in [9.17, 15) is 9.18 Å². The third kappa shape index (κ3) is 2.80. The number of halogens is 1. The molecule has 0 atom stereocenters. The van der Waals surface area contributed by atoms with Crippen molar-refractivity contribution >= 4 is 32.6 Å². The van der Waals surface area contributed by atoms with Gasteiger partial charge in [0.25, 0.3) is 5.56 Å². The number of para-hydroxylation sites is 2. The van der Waals surface area contributed by atoms with E-state index in [4.69, 9.17) is 0 Å². The van der Waals surface area contributed by atoms with Gasteiger partial charge in [-0.3, -0.25) is 4.79 Å². The van der Waals surface area contributed by atoms with Crippen LogP contribution in [-0.4, -0.2) is 19.9 Å². The van der Waals surface area contributed by atoms with Crippen LogP contribution in [0.2, 0.25) is 0 Å². The highest BCUT2D eigenvalue weighted by molar-refractivity contribution is 7.19. The number of fused-ring (bicyclic) bond motifs is 2. The number of aromatic nitrogens is 4. The lowest BCUT2D eigenvalue weighted by Crippen LogP contribution is -2.12. The van der Waals surface area contributed by atoms with Crippen molar-refractivity contribution in [3.05, 3.63) is 81.2 Å². The molecule has 3 heterocycles. The zero-order chi connectivity index (χ0) is 19.3. The minimum Gasteiger partial charge on any atom is -0.342 e. The van der Waals surface area contributed by atoms with E-state index in [1.165, 1.54) is 23.5 Å². The molecule has 2 N–H and O–H groups in total. The van der Waals surface area contributed by atoms with Gasteiger partial charge in [-0.1, -0.05) is 24.3 Å². The molecule has 0 amide bonds. The van der Waals surface area contributed by atoms with Crippen LogP contribution in [-0.2, 0) is 6.42 Å². The number of H-pyrrole nitrogens is 2. The van der Waals surface area contributed by atoms with E-state index in [1.54, 1.807) is 12.1 Å². The highest BCUT2D eigenvalue weighted by Crippen LogP contribution is 2.35. The Morgan fingerprint density at radius 1 is 1.00 bits per heavy atom. The molecule has 7 heteroatoms. The van der Waals surface area contributed by atoms with Crippen LogP contribution in [0.3, 0.4) is 0 Å². The molecule has 5 aromatic rings. The van der Waals surface area contributed by atoms with Crippen molar-refractivity contribution in [1.82, 2.24) is 19.9 Å². The molecule has 0 aliphatic rings. The Bertz CT molecular complexity index is 1350. The van der Waals surface area contributed by atoms with Crippen molar-refractivity contribution in [3.63, 3.8) is 0 Å². The lowest BCUT2D eigenvalue weighted by atomic mass is 10.0. The number of benzene rings is 2. The lowest BCUT2D eigenvalue weighted by molar-refractivity contribution is 0.628. The predicted molar refractivity (Wildman–Crippen MR) is 109 cm³/mol. The van der Waals surface area contributed by atoms with Crippen molar-refractivity contribution in [2.45, 2.75) is 13.3 Å². The fourth-order valence-electron chi connectivity index (χ4n) is 3.46. The number of rotatable bonds is 3. The molecule has 0 saturated carbocycles. The van der Waals surface area contributed by atoms with Crippen LogP contribution < -0.4 is 5.56 Å². The number of thiophene rings is 1. The van der Waals surface area contributed by atoms with E-state index in [2.05, 4.69) is 19.9 Å². The maximum Gasteiger partial charge on any atom is 0.260 e. The topological polar surface area (TPSA) is 74.4 Å². The quantitative estimate of drug-likeness (QED) is 0.474. The normalized spacial score (nSPS) is 11.5. The zero-order valence-electron chi connectivity index (χ0n) is 14.9. The lowest BCUT2D eigenvalue weighted by Gasteiger charge is -2.02. The molecule has 0 spiro atoms. The molecular weight excluding hydrogens is 375 g/mol. The Kier molecular flexibility index (Phi) is 3.84. The number of nitrogens with one attached hydrogen (secondary N) is 2. The summed E-state index contributed by atoms with van der Waals surface area (Å²) in [4.78, 5) is 29.8. The third-order valence-electron chi connectivity index (χ3n) is 4.69. The van der Waals surface area contributed by atoms with Gasteiger partial charge in [0.15, 0.2) is 0 Å². The highest BCUT2D eigenvalue weighted by atomic mass is 32.1. The molecular formula is C21H15FN4OS. The second kappa shape index (κ2) is 6.38. The summed E-state index contributed by atoms with van der Waals surface area (Å²) in [6.07, 6.45) is 0.405. The standard InChI is InChI=1S/C21H15FN4OS/c1-11-18(12-6-8-13(22)9-7-12)19-20(27)25-17(26-21(19)28-11)10-16-23-14-4-2-3-5-15(14)24-16/h2-9H,10H2,1H3,(H,23,24)(H,25,26,27). The Morgan fingerprint density at radius 3 is 2.54 bits per heavy atom. The predicted octanol–water partition coefficient (Wildman–Crippen LogP) is 4.57. The SMILES string of the molecule is Cc1sc2nc(Cc3nc4ccccc4[nH]3)[nH]c(=O)c2c1-c1ccc(F)cc1. The summed E-state index contributed by atoms with van der Waals surface area (Å²) >= 11 is 1.47. The van der Waals surface area contributed by atoms with Crippen LogP contribution in [0.25, 0.3) is 32.4 Å². The molecule has 0 aliphatic heterocycles. The van der Waals surface area contributed by atoms with Gasteiger partial charge in [0.05, 0.1) is 22.8 Å². The maximum atomic E-state index is 13.3. The Morgan fingerprint density at radius 2 is 1.75 bits per heavy atom. The van der Waals surface area contributed by atoms with Gasteiger partial charge >= 0.3 is 0 Å². The van der Waals surface area contributed by atoms with E-state index in [-0.39, 0.29) is 11.4 Å². The fraction of sp³-hybridized carbons (Fsp3) is 0.0952. The van der Waals surface area contributed by atoms with Gasteiger partial charge in [0.1, 0.15) is 22.3 Å². The molecule has 0 bridgehead atoms. The summed E-state index contributed by atoms with van der Waals surface area (Å²) in [6, 6.07) is 13.9. The summed E-state index contributed by atoms with van der Waals surface area (Å²) in [7, 11) is 0. The Hall–Kier alpha value is -3.32. The van der Waals surface area contributed by atoms with Crippen molar-refractivity contribution in [2.75, 3.05) is 0 Å². The van der Waals surface area contributed by atoms with Gasteiger partial charge in [-0.2, -0.15) is 0 Å². The first kappa shape index (κ1) is 16.8. The molecule has 0 aliphatic carbocycles. The number of aryl methyl sites for hydroxylation is 1. The van der Waals surface area contributed by atoms with Crippen LogP contribution >= 0.6 is 11.3 Å². The molecule has 2 aromatic carbocycles. The Balaban J connectivity index is 1.59. The summed E-state index contributed by atoms with van der Waals surface area (Å²) in [5.41, 5.74) is 3.25. The van der Waals surface area contributed by atoms with Crippen molar-refractivity contribution < 1.29 is 4.39 Å². The van der Waals surface area contributed by atoms with Crippen LogP contribution in [0.4, 0.5) is 4.39 Å². The largest absolute Gasteiger partial charge is 0.342 e. The maximum absolute atomic E-state index is 13.3. The van der Waals surface area contributed by atoms with Crippen molar-refractivity contribution in [1.29, 1.82) is 0 Å². The molecule has 138 valence electrons.